The van der Waals surface area contributed by atoms with E-state index in [1.54, 1.807) is 0 Å². The Hall–Kier alpha value is -1.05. The quantitative estimate of drug-likeness (QED) is 0.639. The highest BCUT2D eigenvalue weighted by atomic mass is 16.4. The number of hydrogen-bond acceptors (Lipinski definition) is 1. The molecule has 66 valence electrons. The van der Waals surface area contributed by atoms with Gasteiger partial charge in [-0.1, -0.05) is 18.2 Å². The summed E-state index contributed by atoms with van der Waals surface area (Å²) in [7, 11) is 0. The summed E-state index contributed by atoms with van der Waals surface area (Å²) >= 11 is 0. The Morgan fingerprint density at radius 3 is 2.75 bits per heavy atom. The summed E-state index contributed by atoms with van der Waals surface area (Å²) in [5, 5.41) is 8.67. The minimum atomic E-state index is -0.768. The normalized spacial score (nSPS) is 23.1. The first-order valence-corrected chi connectivity index (χ1v) is 4.19. The molecule has 2 heteroatoms. The first kappa shape index (κ1) is 9.04. The van der Waals surface area contributed by atoms with Crippen LogP contribution in [0.25, 0.3) is 0 Å². The van der Waals surface area contributed by atoms with Gasteiger partial charge in [-0.15, -0.1) is 0 Å². The van der Waals surface area contributed by atoms with E-state index in [0.29, 0.717) is 17.9 Å². The van der Waals surface area contributed by atoms with Crippen molar-refractivity contribution in [1.82, 2.24) is 0 Å². The van der Waals surface area contributed by atoms with Crippen molar-refractivity contribution >= 4 is 5.97 Å². The van der Waals surface area contributed by atoms with Crippen molar-refractivity contribution in [2.24, 2.45) is 5.92 Å². The number of rotatable bonds is 2. The molecule has 1 atom stereocenters. The molecule has 0 radical (unpaired) electrons. The van der Waals surface area contributed by atoms with Crippen LogP contribution < -0.4 is 0 Å². The minimum Gasteiger partial charge on any atom is -0.478 e. The molecule has 1 N–H and O–H groups in total. The lowest BCUT2D eigenvalue weighted by Crippen LogP contribution is -2.11. The molecule has 0 aromatic heterocycles. The molecule has 0 saturated carbocycles. The zero-order valence-corrected chi connectivity index (χ0v) is 7.34. The predicted octanol–water partition coefficient (Wildman–Crippen LogP) is 2.37. The van der Waals surface area contributed by atoms with Gasteiger partial charge in [0.05, 0.1) is 0 Å². The molecular formula is C10H14O2. The smallest absolute Gasteiger partial charge is 0.331 e. The summed E-state index contributed by atoms with van der Waals surface area (Å²) in [5.74, 6) is -0.275. The average Bonchev–Trinajstić information content (AvgIpc) is 2.04. The summed E-state index contributed by atoms with van der Waals surface area (Å²) in [6.07, 6.45) is 4.29. The summed E-state index contributed by atoms with van der Waals surface area (Å²) in [5.41, 5.74) is 1.73. The van der Waals surface area contributed by atoms with Crippen molar-refractivity contribution in [3.05, 3.63) is 23.8 Å². The maximum Gasteiger partial charge on any atom is 0.331 e. The fourth-order valence-electron chi connectivity index (χ4n) is 1.48. The molecule has 0 aromatic carbocycles. The Balaban J connectivity index is 2.59. The Kier molecular flexibility index (Phi) is 2.69. The Morgan fingerprint density at radius 1 is 1.75 bits per heavy atom. The van der Waals surface area contributed by atoms with Gasteiger partial charge in [0.15, 0.2) is 0 Å². The largest absolute Gasteiger partial charge is 0.478 e. The van der Waals surface area contributed by atoms with Crippen LogP contribution in [0.15, 0.2) is 23.8 Å². The first-order valence-electron chi connectivity index (χ1n) is 4.19. The molecule has 1 rings (SSSR count). The van der Waals surface area contributed by atoms with E-state index in [0.717, 1.165) is 18.4 Å². The summed E-state index contributed by atoms with van der Waals surface area (Å²) < 4.78 is 0. The molecule has 0 aliphatic heterocycles. The second-order valence-corrected chi connectivity index (χ2v) is 3.35. The fraction of sp³-hybridized carbons (Fsp3) is 0.500. The molecule has 1 aliphatic rings. The number of carboxylic acid groups (broad SMARTS) is 1. The van der Waals surface area contributed by atoms with Gasteiger partial charge < -0.3 is 5.11 Å². The molecule has 0 bridgehead atoms. The zero-order chi connectivity index (χ0) is 9.14. The molecule has 0 saturated heterocycles. The van der Waals surface area contributed by atoms with Crippen LogP contribution in [0, 0.1) is 5.92 Å². The van der Waals surface area contributed by atoms with Crippen LogP contribution in [0.3, 0.4) is 0 Å². The van der Waals surface area contributed by atoms with Crippen LogP contribution in [0.2, 0.25) is 0 Å². The van der Waals surface area contributed by atoms with Gasteiger partial charge in [0.25, 0.3) is 0 Å². The summed E-state index contributed by atoms with van der Waals surface area (Å²) in [6.45, 7) is 5.88. The highest BCUT2D eigenvalue weighted by Gasteiger charge is 2.17. The Labute approximate surface area is 72.6 Å². The number of allylic oxidation sites excluding steroid dienone is 2. The van der Waals surface area contributed by atoms with Crippen LogP contribution in [-0.4, -0.2) is 11.1 Å². The molecule has 1 aliphatic carbocycles. The van der Waals surface area contributed by atoms with Crippen LogP contribution in [0.4, 0.5) is 0 Å². The van der Waals surface area contributed by atoms with Crippen LogP contribution in [0.1, 0.15) is 26.2 Å². The lowest BCUT2D eigenvalue weighted by molar-refractivity contribution is -0.132. The highest BCUT2D eigenvalue weighted by Crippen LogP contribution is 2.27. The maximum atomic E-state index is 10.5. The molecule has 0 amide bonds. The number of hydrogen-bond donors (Lipinski definition) is 1. The van der Waals surface area contributed by atoms with Crippen LogP contribution in [-0.2, 0) is 4.79 Å². The van der Waals surface area contributed by atoms with Gasteiger partial charge in [-0.05, 0) is 32.1 Å². The van der Waals surface area contributed by atoms with E-state index in [1.807, 2.05) is 13.0 Å². The van der Waals surface area contributed by atoms with E-state index in [9.17, 15) is 4.79 Å². The summed E-state index contributed by atoms with van der Waals surface area (Å²) in [6, 6.07) is 0. The maximum absolute atomic E-state index is 10.5. The van der Waals surface area contributed by atoms with E-state index in [2.05, 4.69) is 6.58 Å². The lowest BCUT2D eigenvalue weighted by atomic mass is 9.86. The number of carboxylic acids is 1. The molecule has 0 heterocycles. The zero-order valence-electron chi connectivity index (χ0n) is 7.34. The third kappa shape index (κ3) is 1.97. The van der Waals surface area contributed by atoms with Crippen LogP contribution >= 0.6 is 0 Å². The standard InChI is InChI=1S/C10H14O2/c1-7(2)8-3-5-9(6-4-8)10(11)12/h5,8H,1,3-4,6H2,2H3,(H,11,12)/t8-/m1/s1. The van der Waals surface area contributed by atoms with Crippen molar-refractivity contribution < 1.29 is 9.90 Å². The third-order valence-electron chi connectivity index (χ3n) is 2.38. The van der Waals surface area contributed by atoms with Gasteiger partial charge in [-0.3, -0.25) is 0 Å². The van der Waals surface area contributed by atoms with E-state index >= 15 is 0 Å². The van der Waals surface area contributed by atoms with E-state index in [4.69, 9.17) is 5.11 Å². The average molecular weight is 166 g/mol. The van der Waals surface area contributed by atoms with Gasteiger partial charge in [0.1, 0.15) is 0 Å². The van der Waals surface area contributed by atoms with Gasteiger partial charge in [0.2, 0.25) is 0 Å². The Bertz CT molecular complexity index is 238. The van der Waals surface area contributed by atoms with Gasteiger partial charge in [-0.2, -0.15) is 0 Å². The van der Waals surface area contributed by atoms with E-state index < -0.39 is 5.97 Å². The lowest BCUT2D eigenvalue weighted by Gasteiger charge is -2.19. The van der Waals surface area contributed by atoms with Crippen molar-refractivity contribution in [3.63, 3.8) is 0 Å². The predicted molar refractivity (Wildman–Crippen MR) is 47.9 cm³/mol. The summed E-state index contributed by atoms with van der Waals surface area (Å²) in [4.78, 5) is 10.5. The molecule has 0 fully saturated rings. The monoisotopic (exact) mass is 166 g/mol. The molecule has 2 nitrogen and oxygen atoms in total. The second kappa shape index (κ2) is 3.57. The van der Waals surface area contributed by atoms with Crippen molar-refractivity contribution in [2.75, 3.05) is 0 Å². The SMILES string of the molecule is C=C(C)[C@@H]1CC=C(C(=O)O)CC1. The van der Waals surface area contributed by atoms with E-state index in [-0.39, 0.29) is 0 Å². The van der Waals surface area contributed by atoms with Crippen molar-refractivity contribution in [1.29, 1.82) is 0 Å². The number of aliphatic carboxylic acids is 1. The molecule has 0 spiro atoms. The fourth-order valence-corrected chi connectivity index (χ4v) is 1.48. The molecule has 0 unspecified atom stereocenters. The Morgan fingerprint density at radius 2 is 2.42 bits per heavy atom. The molecule has 0 aromatic rings. The van der Waals surface area contributed by atoms with Crippen molar-refractivity contribution in [2.45, 2.75) is 26.2 Å². The minimum absolute atomic E-state index is 0.494. The second-order valence-electron chi connectivity index (χ2n) is 3.35. The molecular weight excluding hydrogens is 152 g/mol. The topological polar surface area (TPSA) is 37.3 Å². The number of carbonyl (C=O) groups is 1. The van der Waals surface area contributed by atoms with Gasteiger partial charge in [-0.25, -0.2) is 4.79 Å². The third-order valence-corrected chi connectivity index (χ3v) is 2.38. The highest BCUT2D eigenvalue weighted by molar-refractivity contribution is 5.86. The van der Waals surface area contributed by atoms with Crippen molar-refractivity contribution in [3.8, 4) is 0 Å². The van der Waals surface area contributed by atoms with Gasteiger partial charge >= 0.3 is 5.97 Å². The molecule has 12 heavy (non-hydrogen) atoms. The van der Waals surface area contributed by atoms with Gasteiger partial charge in [0, 0.05) is 5.57 Å². The first-order chi connectivity index (χ1) is 5.61. The van der Waals surface area contributed by atoms with E-state index in [1.165, 1.54) is 0 Å². The van der Waals surface area contributed by atoms with Crippen LogP contribution in [0.5, 0.6) is 0 Å².